The van der Waals surface area contributed by atoms with Crippen LogP contribution in [0.2, 0.25) is 0 Å². The van der Waals surface area contributed by atoms with Gasteiger partial charge in [0.05, 0.1) is 31.8 Å². The first-order valence-electron chi connectivity index (χ1n) is 14.7. The molecule has 0 aliphatic heterocycles. The van der Waals surface area contributed by atoms with Crippen molar-refractivity contribution in [2.45, 2.75) is 46.0 Å². The number of hydrogen-bond donors (Lipinski definition) is 0. The molecule has 0 radical (unpaired) electrons. The second-order valence-electron chi connectivity index (χ2n) is 10.0. The molecule has 0 saturated heterocycles. The Morgan fingerprint density at radius 3 is 2.00 bits per heavy atom. The van der Waals surface area contributed by atoms with E-state index in [-0.39, 0.29) is 30.1 Å². The van der Waals surface area contributed by atoms with Crippen molar-refractivity contribution in [2.24, 2.45) is 0 Å². The molecule has 0 aliphatic rings. The number of ether oxygens (including phenoxy) is 5. The maximum Gasteiger partial charge on any atom is 0.343 e. The maximum absolute atomic E-state index is 12.7. The molecule has 0 amide bonds. The van der Waals surface area contributed by atoms with Crippen molar-refractivity contribution in [1.29, 1.82) is 0 Å². The number of benzene rings is 3. The van der Waals surface area contributed by atoms with Crippen LogP contribution in [0, 0.1) is 6.92 Å². The average molecular weight is 615 g/mol. The summed E-state index contributed by atoms with van der Waals surface area (Å²) in [5.74, 6) is -0.935. The normalized spacial score (nSPS) is 10.4. The Morgan fingerprint density at radius 1 is 0.756 bits per heavy atom. The highest BCUT2D eigenvalue weighted by Gasteiger charge is 2.15. The third-order valence-electron chi connectivity index (χ3n) is 6.53. The van der Waals surface area contributed by atoms with E-state index in [4.69, 9.17) is 23.7 Å². The number of unbranched alkanes of at least 4 members (excludes halogenated alkanes) is 3. The molecular weight excluding hydrogens is 576 g/mol. The molecule has 0 fully saturated rings. The van der Waals surface area contributed by atoms with Gasteiger partial charge in [0.25, 0.3) is 0 Å². The molecule has 3 aromatic carbocycles. The molecule has 3 aromatic rings. The van der Waals surface area contributed by atoms with Crippen molar-refractivity contribution in [3.63, 3.8) is 0 Å². The predicted octanol–water partition coefficient (Wildman–Crippen LogP) is 6.96. The van der Waals surface area contributed by atoms with Crippen LogP contribution in [0.25, 0.3) is 11.1 Å². The van der Waals surface area contributed by atoms with Crippen molar-refractivity contribution >= 4 is 23.9 Å². The van der Waals surface area contributed by atoms with Crippen molar-refractivity contribution in [1.82, 2.24) is 0 Å². The lowest BCUT2D eigenvalue weighted by molar-refractivity contribution is -0.144. The van der Waals surface area contributed by atoms with Crippen molar-refractivity contribution in [3.8, 4) is 28.4 Å². The first-order valence-corrected chi connectivity index (χ1v) is 14.7. The first-order chi connectivity index (χ1) is 21.7. The Bertz CT molecular complexity index is 1490. The van der Waals surface area contributed by atoms with E-state index in [2.05, 4.69) is 13.2 Å². The van der Waals surface area contributed by atoms with E-state index in [1.807, 2.05) is 37.3 Å². The molecule has 0 spiro atoms. The molecule has 45 heavy (non-hydrogen) atoms. The molecule has 0 atom stereocenters. The Hall–Kier alpha value is -5.18. The number of hydrogen-bond acceptors (Lipinski definition) is 9. The summed E-state index contributed by atoms with van der Waals surface area (Å²) < 4.78 is 26.4. The van der Waals surface area contributed by atoms with E-state index in [0.717, 1.165) is 48.1 Å². The third kappa shape index (κ3) is 11.4. The zero-order valence-electron chi connectivity index (χ0n) is 25.7. The van der Waals surface area contributed by atoms with Gasteiger partial charge >= 0.3 is 23.9 Å². The first kappa shape index (κ1) is 34.3. The highest BCUT2D eigenvalue weighted by molar-refractivity contribution is 5.94. The lowest BCUT2D eigenvalue weighted by Crippen LogP contribution is -2.15. The van der Waals surface area contributed by atoms with E-state index in [1.165, 1.54) is 30.3 Å². The molecule has 0 N–H and O–H groups in total. The molecule has 0 aliphatic carbocycles. The largest absolute Gasteiger partial charge is 0.493 e. The molecule has 236 valence electrons. The van der Waals surface area contributed by atoms with Gasteiger partial charge in [-0.1, -0.05) is 31.4 Å². The van der Waals surface area contributed by atoms with Gasteiger partial charge in [0.2, 0.25) is 0 Å². The molecule has 0 heterocycles. The van der Waals surface area contributed by atoms with Crippen LogP contribution in [-0.4, -0.2) is 43.7 Å². The molecule has 0 bridgehead atoms. The van der Waals surface area contributed by atoms with E-state index in [1.54, 1.807) is 19.1 Å². The fraction of sp³-hybridized carbons (Fsp3) is 0.278. The Labute approximate surface area is 263 Å². The van der Waals surface area contributed by atoms with Gasteiger partial charge < -0.3 is 23.7 Å². The van der Waals surface area contributed by atoms with Crippen LogP contribution in [0.3, 0.4) is 0 Å². The zero-order chi connectivity index (χ0) is 32.6. The van der Waals surface area contributed by atoms with Gasteiger partial charge in [-0.3, -0.25) is 4.79 Å². The minimum absolute atomic E-state index is 0.0304. The molecular formula is C36H38O9. The summed E-state index contributed by atoms with van der Waals surface area (Å²) in [5, 5.41) is 0. The van der Waals surface area contributed by atoms with Crippen LogP contribution in [-0.2, 0) is 23.9 Å². The summed E-state index contributed by atoms with van der Waals surface area (Å²) in [6.07, 6.45) is 4.56. The SMILES string of the molecule is C=CC(=O)OCCCCCCOc1ccc(-c2ccc(C(=O)Oc3ccc(OC(=O)C(=C)CC(=O)OCC)cc3)cc2)cc1C. The van der Waals surface area contributed by atoms with Crippen LogP contribution < -0.4 is 14.2 Å². The zero-order valence-corrected chi connectivity index (χ0v) is 25.7. The number of esters is 4. The van der Waals surface area contributed by atoms with Crippen LogP contribution in [0.5, 0.6) is 17.2 Å². The van der Waals surface area contributed by atoms with Crippen LogP contribution >= 0.6 is 0 Å². The van der Waals surface area contributed by atoms with Gasteiger partial charge in [0.15, 0.2) is 0 Å². The number of rotatable bonds is 17. The number of carbonyl (C=O) groups excluding carboxylic acids is 4. The lowest BCUT2D eigenvalue weighted by atomic mass is 10.0. The van der Waals surface area contributed by atoms with Crippen LogP contribution in [0.4, 0.5) is 0 Å². The standard InChI is InChI=1S/C36H38O9/c1-5-33(37)43-22-10-8-7-9-21-42-32-20-15-29(23-25(32)3)27-11-13-28(14-12-27)36(40)45-31-18-16-30(17-19-31)44-35(39)26(4)24-34(38)41-6-2/h5,11-20,23H,1,4,6-10,21-22,24H2,2-3H3. The van der Waals surface area contributed by atoms with Crippen molar-refractivity contribution < 1.29 is 42.9 Å². The van der Waals surface area contributed by atoms with Gasteiger partial charge in [0, 0.05) is 11.6 Å². The van der Waals surface area contributed by atoms with Crippen molar-refractivity contribution in [3.05, 3.63) is 103 Å². The van der Waals surface area contributed by atoms with E-state index < -0.39 is 23.9 Å². The topological polar surface area (TPSA) is 114 Å². The summed E-state index contributed by atoms with van der Waals surface area (Å²) in [7, 11) is 0. The lowest BCUT2D eigenvalue weighted by Gasteiger charge is -2.11. The van der Waals surface area contributed by atoms with Crippen molar-refractivity contribution in [2.75, 3.05) is 19.8 Å². The fourth-order valence-corrected chi connectivity index (χ4v) is 4.14. The van der Waals surface area contributed by atoms with E-state index >= 15 is 0 Å². The Balaban J connectivity index is 1.45. The van der Waals surface area contributed by atoms with E-state index in [0.29, 0.717) is 18.8 Å². The minimum Gasteiger partial charge on any atom is -0.493 e. The summed E-state index contributed by atoms with van der Waals surface area (Å²) in [5.41, 5.74) is 3.28. The molecule has 3 rings (SSSR count). The molecule has 0 aromatic heterocycles. The maximum atomic E-state index is 12.7. The van der Waals surface area contributed by atoms with Crippen LogP contribution in [0.1, 0.15) is 54.9 Å². The summed E-state index contributed by atoms with van der Waals surface area (Å²) in [6, 6.07) is 19.0. The fourth-order valence-electron chi connectivity index (χ4n) is 4.14. The average Bonchev–Trinajstić information content (AvgIpc) is 3.03. The number of carbonyl (C=O) groups is 4. The van der Waals surface area contributed by atoms with Crippen LogP contribution in [0.15, 0.2) is 91.5 Å². The monoisotopic (exact) mass is 614 g/mol. The molecule has 0 unspecified atom stereocenters. The quantitative estimate of drug-likeness (QED) is 0.0688. The Kier molecular flexibility index (Phi) is 13.6. The minimum atomic E-state index is -0.751. The van der Waals surface area contributed by atoms with E-state index in [9.17, 15) is 19.2 Å². The smallest absolute Gasteiger partial charge is 0.343 e. The second-order valence-corrected chi connectivity index (χ2v) is 10.0. The third-order valence-corrected chi connectivity index (χ3v) is 6.53. The van der Waals surface area contributed by atoms with Gasteiger partial charge in [-0.2, -0.15) is 0 Å². The molecule has 0 saturated carbocycles. The number of aryl methyl sites for hydroxylation is 1. The highest BCUT2D eigenvalue weighted by atomic mass is 16.5. The Morgan fingerprint density at radius 2 is 1.38 bits per heavy atom. The summed E-state index contributed by atoms with van der Waals surface area (Å²) in [4.78, 5) is 47.4. The van der Waals surface area contributed by atoms with Gasteiger partial charge in [-0.05, 0) is 105 Å². The van der Waals surface area contributed by atoms with Gasteiger partial charge in [-0.25, -0.2) is 14.4 Å². The molecule has 9 heteroatoms. The predicted molar refractivity (Wildman–Crippen MR) is 169 cm³/mol. The molecule has 9 nitrogen and oxygen atoms in total. The highest BCUT2D eigenvalue weighted by Crippen LogP contribution is 2.27. The summed E-state index contributed by atoms with van der Waals surface area (Å²) >= 11 is 0. The van der Waals surface area contributed by atoms with Gasteiger partial charge in [0.1, 0.15) is 17.2 Å². The summed E-state index contributed by atoms with van der Waals surface area (Å²) in [6.45, 7) is 11.8. The second kappa shape index (κ2) is 17.8. The van der Waals surface area contributed by atoms with Gasteiger partial charge in [-0.15, -0.1) is 0 Å².